The molecule has 1 aromatic heterocycles. The molecular formula is C26H28F2N2O4. The van der Waals surface area contributed by atoms with Crippen molar-refractivity contribution in [3.63, 3.8) is 0 Å². The van der Waals surface area contributed by atoms with Gasteiger partial charge < -0.3 is 10.1 Å². The topological polar surface area (TPSA) is 96.2 Å². The lowest BCUT2D eigenvalue weighted by molar-refractivity contribution is -0.672. The fourth-order valence-corrected chi connectivity index (χ4v) is 1.82. The van der Waals surface area contributed by atoms with Crippen molar-refractivity contribution < 1.29 is 22.0 Å². The van der Waals surface area contributed by atoms with Gasteiger partial charge in [0.2, 0.25) is 5.56 Å². The van der Waals surface area contributed by atoms with Gasteiger partial charge in [0.05, 0.1) is 6.61 Å². The number of pyridine rings is 1. The highest BCUT2D eigenvalue weighted by molar-refractivity contribution is 5.63. The summed E-state index contributed by atoms with van der Waals surface area (Å²) in [6.45, 7) is 3.24. The van der Waals surface area contributed by atoms with Gasteiger partial charge in [0.15, 0.2) is 4.48 Å². The number of benzene rings is 1. The Morgan fingerprint density at radius 1 is 0.971 bits per heavy atom. The van der Waals surface area contributed by atoms with Gasteiger partial charge in [-0.1, -0.05) is 38.8 Å². The molecule has 0 spiro atoms. The van der Waals surface area contributed by atoms with Crippen molar-refractivity contribution in [1.82, 2.24) is 4.98 Å². The summed E-state index contributed by atoms with van der Waals surface area (Å²) in [4.78, 5) is 21.7. The number of aromatic amines is 1. The van der Waals surface area contributed by atoms with Crippen LogP contribution in [0.5, 0.6) is 0 Å². The van der Waals surface area contributed by atoms with E-state index in [2.05, 4.69) is 64.2 Å². The van der Waals surface area contributed by atoms with E-state index in [1.165, 1.54) is 18.3 Å². The maximum atomic E-state index is 13.6. The molecule has 0 saturated heterocycles. The van der Waals surface area contributed by atoms with E-state index in [4.69, 9.17) is 15.2 Å². The number of H-pyrrole nitrogens is 1. The van der Waals surface area contributed by atoms with Crippen LogP contribution in [-0.2, 0) is 6.61 Å². The molecule has 34 heavy (non-hydrogen) atoms. The van der Waals surface area contributed by atoms with E-state index in [1.807, 2.05) is 0 Å². The van der Waals surface area contributed by atoms with Crippen LogP contribution in [0.2, 0.25) is 0 Å². The van der Waals surface area contributed by atoms with Crippen LogP contribution < -0.4 is 5.56 Å². The Hall–Kier alpha value is -4.81. The third-order valence-corrected chi connectivity index (χ3v) is 2.99. The van der Waals surface area contributed by atoms with Gasteiger partial charge in [0.25, 0.3) is 5.15 Å². The summed E-state index contributed by atoms with van der Waals surface area (Å²) in [7, 11) is 0. The SMILES string of the molecule is C.C.CC#CC#CC#CC#CC#CC.O=[N+]([O-])F.O=c1cc(-c2ccc(CO)cc2F)cc[nH]1.[HH].[HH]. The highest BCUT2D eigenvalue weighted by Crippen LogP contribution is 2.22. The molecule has 2 aromatic rings. The third-order valence-electron chi connectivity index (χ3n) is 2.99. The first-order valence-corrected chi connectivity index (χ1v) is 8.57. The standard InChI is InChI=1S/C12H10FNO2.C12H6.2CH4.FNO2.2H2/c13-11-5-8(7-15)1-2-10(11)9-3-4-14-12(16)6-9;1-3-5-7-9-11-12-10-8-6-4-2;;;1-2(3)4;;/h1-6,15H,7H2,(H,14,16);1-2H3;2*1H4;;2*1H. The number of hydrogen-bond acceptors (Lipinski definition) is 4. The second kappa shape index (κ2) is 21.4. The molecular weight excluding hydrogens is 442 g/mol. The van der Waals surface area contributed by atoms with Crippen LogP contribution in [0.4, 0.5) is 8.87 Å². The third kappa shape index (κ3) is 16.9. The van der Waals surface area contributed by atoms with Crippen LogP contribution in [0, 0.1) is 75.1 Å². The number of aliphatic hydroxyl groups is 1. The predicted octanol–water partition coefficient (Wildman–Crippen LogP) is 4.63. The molecule has 6 nitrogen and oxygen atoms in total. The van der Waals surface area contributed by atoms with Gasteiger partial charge in [-0.25, -0.2) is 14.5 Å². The maximum Gasteiger partial charge on any atom is 0.279 e. The molecule has 0 bridgehead atoms. The number of nitro groups is 1. The van der Waals surface area contributed by atoms with Crippen LogP contribution in [-0.4, -0.2) is 15.2 Å². The Bertz CT molecular complexity index is 1260. The van der Waals surface area contributed by atoms with Gasteiger partial charge in [-0.2, -0.15) is 0 Å². The van der Waals surface area contributed by atoms with Crippen LogP contribution in [0.3, 0.4) is 0 Å². The first-order valence-electron chi connectivity index (χ1n) is 8.57. The summed E-state index contributed by atoms with van der Waals surface area (Å²) in [5, 5.41) is 15.0. The highest BCUT2D eigenvalue weighted by atomic mass is 19.2. The average molecular weight is 471 g/mol. The Balaban J connectivity index is -0.000000145. The zero-order valence-electron chi connectivity index (χ0n) is 17.0. The summed E-state index contributed by atoms with van der Waals surface area (Å²) in [5.74, 6) is 25.1. The summed E-state index contributed by atoms with van der Waals surface area (Å²) < 4.78 is 23.4. The number of aromatic nitrogens is 1. The second-order valence-corrected chi connectivity index (χ2v) is 5.13. The Labute approximate surface area is 201 Å². The first kappa shape index (κ1) is 33.8. The highest BCUT2D eigenvalue weighted by Gasteiger charge is 2.06. The monoisotopic (exact) mass is 470 g/mol. The molecule has 1 aromatic carbocycles. The summed E-state index contributed by atoms with van der Waals surface area (Å²) >= 11 is 0. The Morgan fingerprint density at radius 2 is 1.44 bits per heavy atom. The second-order valence-electron chi connectivity index (χ2n) is 5.13. The van der Waals surface area contributed by atoms with Gasteiger partial charge in [0.1, 0.15) is 5.82 Å². The number of halogens is 2. The lowest BCUT2D eigenvalue weighted by atomic mass is 10.0. The van der Waals surface area contributed by atoms with Crippen LogP contribution >= 0.6 is 0 Å². The van der Waals surface area contributed by atoms with Crippen molar-refractivity contribution in [3.8, 4) is 70.3 Å². The minimum Gasteiger partial charge on any atom is -0.392 e. The molecule has 0 saturated carbocycles. The van der Waals surface area contributed by atoms with Crippen LogP contribution in [0.15, 0.2) is 41.3 Å². The minimum absolute atomic E-state index is 0. The quantitative estimate of drug-likeness (QED) is 0.290. The molecule has 8 heteroatoms. The molecule has 0 aliphatic heterocycles. The van der Waals surface area contributed by atoms with Gasteiger partial charge in [-0.15, -0.1) is 0 Å². The molecule has 2 rings (SSSR count). The van der Waals surface area contributed by atoms with E-state index in [9.17, 15) is 13.7 Å². The molecule has 2 N–H and O–H groups in total. The van der Waals surface area contributed by atoms with E-state index in [1.54, 1.807) is 32.0 Å². The summed E-state index contributed by atoms with van der Waals surface area (Å²) in [6, 6.07) is 7.39. The normalized spacial score (nSPS) is 6.97. The zero-order chi connectivity index (χ0) is 24.2. The molecule has 180 valence electrons. The molecule has 0 unspecified atom stereocenters. The molecule has 0 radical (unpaired) electrons. The van der Waals surface area contributed by atoms with Crippen LogP contribution in [0.25, 0.3) is 11.1 Å². The molecule has 0 aliphatic rings. The Morgan fingerprint density at radius 3 is 1.82 bits per heavy atom. The first-order chi connectivity index (χ1) is 15.3. The lowest BCUT2D eigenvalue weighted by Gasteiger charge is -2.04. The fraction of sp³-hybridized carbons (Fsp3) is 0.192. The summed E-state index contributed by atoms with van der Waals surface area (Å²) in [6.07, 6.45) is 1.47. The van der Waals surface area contributed by atoms with Gasteiger partial charge in [-0.05, 0) is 84.5 Å². The molecule has 1 heterocycles. The molecule has 0 aliphatic carbocycles. The smallest absolute Gasteiger partial charge is 0.279 e. The largest absolute Gasteiger partial charge is 0.392 e. The van der Waals surface area contributed by atoms with Crippen molar-refractivity contribution in [1.29, 1.82) is 0 Å². The predicted molar refractivity (Wildman–Crippen MR) is 134 cm³/mol. The van der Waals surface area contributed by atoms with E-state index < -0.39 is 11.0 Å². The van der Waals surface area contributed by atoms with E-state index in [0.29, 0.717) is 16.7 Å². The summed E-state index contributed by atoms with van der Waals surface area (Å²) in [5.41, 5.74) is 1.10. The van der Waals surface area contributed by atoms with Crippen molar-refractivity contribution in [2.75, 3.05) is 0 Å². The van der Waals surface area contributed by atoms with Gasteiger partial charge >= 0.3 is 0 Å². The van der Waals surface area contributed by atoms with E-state index in [-0.39, 0.29) is 29.9 Å². The fourth-order valence-electron chi connectivity index (χ4n) is 1.82. The number of hydrogen-bond donors (Lipinski definition) is 2. The van der Waals surface area contributed by atoms with Crippen molar-refractivity contribution in [2.24, 2.45) is 0 Å². The average Bonchev–Trinajstić information content (AvgIpc) is 2.75. The lowest BCUT2D eigenvalue weighted by Crippen LogP contribution is -2.02. The van der Waals surface area contributed by atoms with E-state index in [0.717, 1.165) is 0 Å². The molecule has 0 fully saturated rings. The zero-order valence-corrected chi connectivity index (χ0v) is 17.0. The van der Waals surface area contributed by atoms with Crippen molar-refractivity contribution >= 4 is 0 Å². The molecule has 0 atom stereocenters. The van der Waals surface area contributed by atoms with Crippen molar-refractivity contribution in [3.05, 3.63) is 68.4 Å². The number of nitrogens with one attached hydrogen (secondary N) is 1. The molecule has 0 amide bonds. The van der Waals surface area contributed by atoms with Gasteiger partial charge in [0, 0.05) is 20.7 Å². The number of nitrogens with zero attached hydrogens (tertiary/aromatic N) is 1. The Kier molecular flexibility index (Phi) is 21.3. The number of aliphatic hydroxyl groups excluding tert-OH is 1. The maximum absolute atomic E-state index is 13.6. The van der Waals surface area contributed by atoms with Crippen LogP contribution in [0.1, 0.15) is 37.1 Å². The van der Waals surface area contributed by atoms with E-state index >= 15 is 0 Å². The van der Waals surface area contributed by atoms with Gasteiger partial charge in [-0.3, -0.25) is 4.79 Å². The van der Waals surface area contributed by atoms with Crippen molar-refractivity contribution in [2.45, 2.75) is 35.3 Å². The minimum atomic E-state index is -2.00. The number of rotatable bonds is 2.